The molecule has 2 bridgehead atoms. The number of esters is 1. The van der Waals surface area contributed by atoms with Gasteiger partial charge in [0.2, 0.25) is 11.8 Å². The van der Waals surface area contributed by atoms with Gasteiger partial charge in [0.15, 0.2) is 0 Å². The SMILES string of the molecule is CCOC(=O)c1ccc(N2C(=O)[C@H]3[C@@H](C2=O)[C@]2(CO)C=C[C@H]3O2)cc1. The first kappa shape index (κ1) is 16.0. The van der Waals surface area contributed by atoms with Crippen molar-refractivity contribution in [1.29, 1.82) is 0 Å². The zero-order valence-electron chi connectivity index (χ0n) is 13.5. The molecule has 0 saturated carbocycles. The van der Waals surface area contributed by atoms with Crippen molar-refractivity contribution in [1.82, 2.24) is 0 Å². The smallest absolute Gasteiger partial charge is 0.338 e. The van der Waals surface area contributed by atoms with Crippen LogP contribution in [-0.2, 0) is 19.1 Å². The highest BCUT2D eigenvalue weighted by atomic mass is 16.5. The Labute approximate surface area is 143 Å². The van der Waals surface area contributed by atoms with Crippen molar-refractivity contribution in [3.63, 3.8) is 0 Å². The molecule has 0 unspecified atom stereocenters. The summed E-state index contributed by atoms with van der Waals surface area (Å²) in [5.74, 6) is -2.53. The van der Waals surface area contributed by atoms with Crippen LogP contribution in [-0.4, -0.2) is 47.8 Å². The van der Waals surface area contributed by atoms with Crippen LogP contribution in [0.25, 0.3) is 0 Å². The lowest BCUT2D eigenvalue weighted by Gasteiger charge is -2.26. The topological polar surface area (TPSA) is 93.1 Å². The predicted octanol–water partition coefficient (Wildman–Crippen LogP) is 0.669. The number of carbonyl (C=O) groups excluding carboxylic acids is 3. The van der Waals surface area contributed by atoms with E-state index >= 15 is 0 Å². The van der Waals surface area contributed by atoms with E-state index < -0.39 is 29.5 Å². The van der Waals surface area contributed by atoms with Crippen molar-refractivity contribution < 1.29 is 29.0 Å². The van der Waals surface area contributed by atoms with E-state index in [2.05, 4.69) is 0 Å². The molecule has 0 radical (unpaired) electrons. The minimum atomic E-state index is -1.11. The summed E-state index contributed by atoms with van der Waals surface area (Å²) in [5, 5.41) is 9.69. The minimum Gasteiger partial charge on any atom is -0.462 e. The summed E-state index contributed by atoms with van der Waals surface area (Å²) in [7, 11) is 0. The van der Waals surface area contributed by atoms with Gasteiger partial charge in [0.25, 0.3) is 0 Å². The van der Waals surface area contributed by atoms with Crippen molar-refractivity contribution >= 4 is 23.5 Å². The third-order valence-electron chi connectivity index (χ3n) is 5.04. The Hall–Kier alpha value is -2.51. The van der Waals surface area contributed by atoms with Crippen LogP contribution in [0.1, 0.15) is 17.3 Å². The van der Waals surface area contributed by atoms with Gasteiger partial charge in [0.1, 0.15) is 5.60 Å². The largest absolute Gasteiger partial charge is 0.462 e. The fourth-order valence-corrected chi connectivity index (χ4v) is 3.90. The summed E-state index contributed by atoms with van der Waals surface area (Å²) in [6.07, 6.45) is 2.92. The molecule has 4 atom stereocenters. The highest BCUT2D eigenvalue weighted by Crippen LogP contribution is 2.52. The Kier molecular flexibility index (Phi) is 3.52. The normalized spacial score (nSPS) is 32.4. The highest BCUT2D eigenvalue weighted by Gasteiger charge is 2.67. The lowest BCUT2D eigenvalue weighted by molar-refractivity contribution is -0.128. The van der Waals surface area contributed by atoms with Gasteiger partial charge in [-0.2, -0.15) is 0 Å². The number of rotatable bonds is 4. The van der Waals surface area contributed by atoms with Crippen molar-refractivity contribution in [2.75, 3.05) is 18.1 Å². The van der Waals surface area contributed by atoms with Crippen LogP contribution >= 0.6 is 0 Å². The molecule has 3 heterocycles. The van der Waals surface area contributed by atoms with E-state index in [4.69, 9.17) is 9.47 Å². The van der Waals surface area contributed by atoms with Gasteiger partial charge in [-0.25, -0.2) is 9.69 Å². The van der Waals surface area contributed by atoms with Crippen LogP contribution in [0.4, 0.5) is 5.69 Å². The Bertz CT molecular complexity index is 785. The van der Waals surface area contributed by atoms with Gasteiger partial charge >= 0.3 is 5.97 Å². The Morgan fingerprint density at radius 3 is 2.64 bits per heavy atom. The standard InChI is InChI=1S/C18H17NO6/c1-2-24-17(23)10-3-5-11(6-4-10)19-15(21)13-12-7-8-18(9-20,25-12)14(13)16(19)22/h3-8,12-14,20H,2,9H2,1H3/t12-,13-,14+,18-/m1/s1. The molecule has 25 heavy (non-hydrogen) atoms. The Morgan fingerprint density at radius 1 is 1.28 bits per heavy atom. The first-order chi connectivity index (χ1) is 12.0. The Balaban J connectivity index is 1.64. The molecule has 0 spiro atoms. The van der Waals surface area contributed by atoms with E-state index in [0.717, 1.165) is 4.90 Å². The van der Waals surface area contributed by atoms with E-state index in [-0.39, 0.29) is 25.0 Å². The molecular formula is C18H17NO6. The number of nitrogens with zero attached hydrogens (tertiary/aromatic N) is 1. The first-order valence-electron chi connectivity index (χ1n) is 8.15. The molecule has 2 fully saturated rings. The summed E-state index contributed by atoms with van der Waals surface area (Å²) in [4.78, 5) is 38.5. The van der Waals surface area contributed by atoms with Crippen LogP contribution in [0.2, 0.25) is 0 Å². The van der Waals surface area contributed by atoms with E-state index in [0.29, 0.717) is 11.3 Å². The summed E-state index contributed by atoms with van der Waals surface area (Å²) in [6.45, 7) is 1.63. The van der Waals surface area contributed by atoms with Crippen molar-refractivity contribution in [2.24, 2.45) is 11.8 Å². The molecule has 7 heteroatoms. The predicted molar refractivity (Wildman–Crippen MR) is 85.7 cm³/mol. The second kappa shape index (κ2) is 5.50. The molecule has 2 amide bonds. The lowest BCUT2D eigenvalue weighted by atomic mass is 9.77. The quantitative estimate of drug-likeness (QED) is 0.491. The summed E-state index contributed by atoms with van der Waals surface area (Å²) >= 11 is 0. The first-order valence-corrected chi connectivity index (χ1v) is 8.15. The minimum absolute atomic E-state index is 0.269. The second-order valence-electron chi connectivity index (χ2n) is 6.34. The van der Waals surface area contributed by atoms with Crippen LogP contribution in [0.15, 0.2) is 36.4 Å². The maximum atomic E-state index is 12.9. The third kappa shape index (κ3) is 2.09. The zero-order chi connectivity index (χ0) is 17.8. The monoisotopic (exact) mass is 343 g/mol. The van der Waals surface area contributed by atoms with E-state index in [1.807, 2.05) is 0 Å². The molecular weight excluding hydrogens is 326 g/mol. The molecule has 1 aromatic rings. The molecule has 3 aliphatic heterocycles. The molecule has 4 rings (SSSR count). The van der Waals surface area contributed by atoms with Crippen LogP contribution in [0.3, 0.4) is 0 Å². The van der Waals surface area contributed by atoms with E-state index in [9.17, 15) is 19.5 Å². The average Bonchev–Trinajstić information content (AvgIpc) is 3.26. The number of carbonyl (C=O) groups is 3. The molecule has 0 aromatic heterocycles. The van der Waals surface area contributed by atoms with Gasteiger partial charge in [-0.15, -0.1) is 0 Å². The third-order valence-corrected chi connectivity index (χ3v) is 5.04. The lowest BCUT2D eigenvalue weighted by Crippen LogP contribution is -2.43. The number of anilines is 1. The number of aliphatic hydroxyl groups is 1. The number of hydrogen-bond acceptors (Lipinski definition) is 6. The number of hydrogen-bond donors (Lipinski definition) is 1. The van der Waals surface area contributed by atoms with Gasteiger partial charge in [-0.05, 0) is 31.2 Å². The van der Waals surface area contributed by atoms with Crippen LogP contribution in [0.5, 0.6) is 0 Å². The van der Waals surface area contributed by atoms with E-state index in [1.165, 1.54) is 12.1 Å². The summed E-state index contributed by atoms with van der Waals surface area (Å²) in [5.41, 5.74) is -0.367. The van der Waals surface area contributed by atoms with Gasteiger partial charge in [-0.3, -0.25) is 9.59 Å². The van der Waals surface area contributed by atoms with Crippen molar-refractivity contribution in [3.8, 4) is 0 Å². The molecule has 7 nitrogen and oxygen atoms in total. The number of benzene rings is 1. The van der Waals surface area contributed by atoms with Gasteiger partial charge in [-0.1, -0.05) is 12.2 Å². The van der Waals surface area contributed by atoms with E-state index in [1.54, 1.807) is 31.2 Å². The number of imide groups is 1. The zero-order valence-corrected chi connectivity index (χ0v) is 13.5. The fourth-order valence-electron chi connectivity index (χ4n) is 3.90. The summed E-state index contributed by atoms with van der Waals surface area (Å²) < 4.78 is 10.6. The average molecular weight is 343 g/mol. The van der Waals surface area contributed by atoms with Gasteiger partial charge in [0.05, 0.1) is 42.4 Å². The van der Waals surface area contributed by atoms with Gasteiger partial charge in [0, 0.05) is 0 Å². The van der Waals surface area contributed by atoms with Crippen LogP contribution < -0.4 is 4.90 Å². The molecule has 3 aliphatic rings. The maximum Gasteiger partial charge on any atom is 0.338 e. The molecule has 1 aromatic carbocycles. The summed E-state index contributed by atoms with van der Waals surface area (Å²) in [6, 6.07) is 6.14. The fraction of sp³-hybridized carbons (Fsp3) is 0.389. The molecule has 1 N–H and O–H groups in total. The number of amides is 2. The number of aliphatic hydroxyl groups excluding tert-OH is 1. The van der Waals surface area contributed by atoms with Crippen LogP contribution in [0, 0.1) is 11.8 Å². The highest BCUT2D eigenvalue weighted by molar-refractivity contribution is 6.23. The van der Waals surface area contributed by atoms with Crippen molar-refractivity contribution in [2.45, 2.75) is 18.6 Å². The number of fused-ring (bicyclic) bond motifs is 5. The second-order valence-corrected chi connectivity index (χ2v) is 6.34. The molecule has 130 valence electrons. The molecule has 0 aliphatic carbocycles. The van der Waals surface area contributed by atoms with Crippen molar-refractivity contribution in [3.05, 3.63) is 42.0 Å². The molecule has 2 saturated heterocycles. The number of ether oxygens (including phenoxy) is 2. The Morgan fingerprint density at radius 2 is 2.00 bits per heavy atom. The maximum absolute atomic E-state index is 12.9. The van der Waals surface area contributed by atoms with Gasteiger partial charge < -0.3 is 14.6 Å².